The Bertz CT molecular complexity index is 708. The lowest BCUT2D eigenvalue weighted by Crippen LogP contribution is -2.24. The van der Waals surface area contributed by atoms with E-state index >= 15 is 0 Å². The lowest BCUT2D eigenvalue weighted by molar-refractivity contribution is -0.115. The summed E-state index contributed by atoms with van der Waals surface area (Å²) >= 11 is 1.53. The number of methoxy groups -OCH3 is 1. The molecule has 1 amide bonds. The summed E-state index contributed by atoms with van der Waals surface area (Å²) in [5.74, 6) is 2.35. The van der Waals surface area contributed by atoms with Crippen LogP contribution in [0.5, 0.6) is 5.75 Å². The zero-order valence-corrected chi connectivity index (χ0v) is 15.1. The molecule has 1 aromatic carbocycles. The summed E-state index contributed by atoms with van der Waals surface area (Å²) in [5.41, 5.74) is 1.01. The topological polar surface area (TPSA) is 56.1 Å². The van der Waals surface area contributed by atoms with E-state index in [0.717, 1.165) is 28.6 Å². The maximum Gasteiger partial charge on any atom is 0.238 e. The maximum atomic E-state index is 12.5. The molecule has 3 rings (SSSR count). The number of aromatic nitrogens is 2. The van der Waals surface area contributed by atoms with Crippen molar-refractivity contribution in [3.63, 3.8) is 0 Å². The van der Waals surface area contributed by atoms with Gasteiger partial charge in [-0.1, -0.05) is 0 Å². The van der Waals surface area contributed by atoms with Crippen molar-refractivity contribution in [1.29, 1.82) is 0 Å². The first-order valence-corrected chi connectivity index (χ1v) is 9.08. The van der Waals surface area contributed by atoms with Crippen LogP contribution in [0.1, 0.15) is 25.3 Å². The smallest absolute Gasteiger partial charge is 0.238 e. The third-order valence-electron chi connectivity index (χ3n) is 4.13. The second-order valence-corrected chi connectivity index (χ2v) is 7.64. The average Bonchev–Trinajstić information content (AvgIpc) is 3.34. The second-order valence-electron chi connectivity index (χ2n) is 6.23. The van der Waals surface area contributed by atoms with Gasteiger partial charge in [-0.2, -0.15) is 5.10 Å². The van der Waals surface area contributed by atoms with Crippen LogP contribution in [-0.2, 0) is 11.3 Å². The molecule has 6 heteroatoms. The van der Waals surface area contributed by atoms with Gasteiger partial charge in [-0.05, 0) is 56.9 Å². The van der Waals surface area contributed by atoms with E-state index < -0.39 is 0 Å². The molecule has 0 aliphatic heterocycles. The number of hydrogen-bond acceptors (Lipinski definition) is 4. The molecule has 0 bridgehead atoms. The van der Waals surface area contributed by atoms with Gasteiger partial charge in [0.25, 0.3) is 0 Å². The van der Waals surface area contributed by atoms with Crippen LogP contribution in [0.3, 0.4) is 0 Å². The molecule has 128 valence electrons. The molecule has 1 aromatic heterocycles. The number of hydrogen-bond donors (Lipinski definition) is 1. The summed E-state index contributed by atoms with van der Waals surface area (Å²) in [5, 5.41) is 7.25. The first kappa shape index (κ1) is 16.9. The lowest BCUT2D eigenvalue weighted by Gasteiger charge is -2.14. The number of thioether (sulfide) groups is 1. The van der Waals surface area contributed by atoms with Crippen LogP contribution in [0, 0.1) is 12.8 Å². The van der Waals surface area contributed by atoms with E-state index in [9.17, 15) is 4.79 Å². The molecule has 1 fully saturated rings. The van der Waals surface area contributed by atoms with E-state index in [-0.39, 0.29) is 11.2 Å². The molecule has 0 radical (unpaired) electrons. The van der Waals surface area contributed by atoms with Crippen LogP contribution in [0.2, 0.25) is 0 Å². The van der Waals surface area contributed by atoms with Gasteiger partial charge in [0.2, 0.25) is 5.91 Å². The predicted molar refractivity (Wildman–Crippen MR) is 96.6 cm³/mol. The van der Waals surface area contributed by atoms with Crippen molar-refractivity contribution < 1.29 is 9.53 Å². The minimum atomic E-state index is -0.193. The summed E-state index contributed by atoms with van der Waals surface area (Å²) < 4.78 is 7.08. The van der Waals surface area contributed by atoms with E-state index in [4.69, 9.17) is 4.74 Å². The third kappa shape index (κ3) is 4.12. The summed E-state index contributed by atoms with van der Waals surface area (Å²) in [6, 6.07) is 7.75. The van der Waals surface area contributed by atoms with Gasteiger partial charge in [0.15, 0.2) is 0 Å². The fourth-order valence-corrected chi connectivity index (χ4v) is 3.32. The molecule has 1 heterocycles. The lowest BCUT2D eigenvalue weighted by atomic mass is 10.3. The van der Waals surface area contributed by atoms with E-state index in [1.165, 1.54) is 24.6 Å². The number of amides is 1. The standard InChI is InChI=1S/C18H23N3O2S/c1-12-10-19-21(11-14-4-5-14)17(12)20-18(22)13(2)24-16-8-6-15(23-3)7-9-16/h6-10,13-14H,4-5,11H2,1-3H3,(H,20,22). The van der Waals surface area contributed by atoms with Crippen molar-refractivity contribution in [1.82, 2.24) is 9.78 Å². The van der Waals surface area contributed by atoms with Gasteiger partial charge in [-0.3, -0.25) is 4.79 Å². The van der Waals surface area contributed by atoms with Crippen molar-refractivity contribution >= 4 is 23.5 Å². The summed E-state index contributed by atoms with van der Waals surface area (Å²) in [6.07, 6.45) is 4.34. The number of anilines is 1. The van der Waals surface area contributed by atoms with E-state index in [1.54, 1.807) is 7.11 Å². The van der Waals surface area contributed by atoms with E-state index in [0.29, 0.717) is 5.92 Å². The normalized spacial score (nSPS) is 15.1. The Morgan fingerprint density at radius 2 is 2.12 bits per heavy atom. The zero-order chi connectivity index (χ0) is 17.1. The van der Waals surface area contributed by atoms with Crippen LogP contribution in [0.15, 0.2) is 35.4 Å². The zero-order valence-electron chi connectivity index (χ0n) is 14.3. The number of ether oxygens (including phenoxy) is 1. The number of benzene rings is 1. The Morgan fingerprint density at radius 1 is 1.42 bits per heavy atom. The minimum Gasteiger partial charge on any atom is -0.497 e. The summed E-state index contributed by atoms with van der Waals surface area (Å²) in [7, 11) is 1.64. The predicted octanol–water partition coefficient (Wildman–Crippen LogP) is 3.73. The SMILES string of the molecule is COc1ccc(SC(C)C(=O)Nc2c(C)cnn2CC2CC2)cc1. The molecule has 1 saturated carbocycles. The Kier molecular flexibility index (Phi) is 5.14. The summed E-state index contributed by atoms with van der Waals surface area (Å²) in [6.45, 7) is 4.79. The fourth-order valence-electron chi connectivity index (χ4n) is 2.46. The molecule has 0 spiro atoms. The molecule has 1 unspecified atom stereocenters. The Hall–Kier alpha value is -1.95. The molecule has 2 aromatic rings. The second kappa shape index (κ2) is 7.30. The molecule has 24 heavy (non-hydrogen) atoms. The molecule has 5 nitrogen and oxygen atoms in total. The number of aryl methyl sites for hydroxylation is 1. The molecular formula is C18H23N3O2S. The van der Waals surface area contributed by atoms with E-state index in [1.807, 2.05) is 49.0 Å². The molecule has 1 aliphatic carbocycles. The van der Waals surface area contributed by atoms with E-state index in [2.05, 4.69) is 10.4 Å². The van der Waals surface area contributed by atoms with Gasteiger partial charge >= 0.3 is 0 Å². The van der Waals surface area contributed by atoms with Gasteiger partial charge in [-0.25, -0.2) is 4.68 Å². The molecule has 1 atom stereocenters. The highest BCUT2D eigenvalue weighted by atomic mass is 32.2. The maximum absolute atomic E-state index is 12.5. The number of carbonyl (C=O) groups excluding carboxylic acids is 1. The quantitative estimate of drug-likeness (QED) is 0.777. The Balaban J connectivity index is 1.62. The third-order valence-corrected chi connectivity index (χ3v) is 5.25. The van der Waals surface area contributed by atoms with Crippen LogP contribution in [-0.4, -0.2) is 28.0 Å². The molecule has 1 aliphatic rings. The molecule has 0 saturated heterocycles. The van der Waals surface area contributed by atoms with Crippen LogP contribution < -0.4 is 10.1 Å². The first-order chi connectivity index (χ1) is 11.6. The van der Waals surface area contributed by atoms with Crippen molar-refractivity contribution in [2.75, 3.05) is 12.4 Å². The van der Waals surface area contributed by atoms with Crippen LogP contribution >= 0.6 is 11.8 Å². The van der Waals surface area contributed by atoms with Crippen LogP contribution in [0.25, 0.3) is 0 Å². The van der Waals surface area contributed by atoms with Crippen molar-refractivity contribution in [3.8, 4) is 5.75 Å². The molecule has 1 N–H and O–H groups in total. The van der Waals surface area contributed by atoms with Crippen molar-refractivity contribution in [3.05, 3.63) is 36.0 Å². The highest BCUT2D eigenvalue weighted by Crippen LogP contribution is 2.32. The number of nitrogens with zero attached hydrogens (tertiary/aromatic N) is 2. The summed E-state index contributed by atoms with van der Waals surface area (Å²) in [4.78, 5) is 13.6. The first-order valence-electron chi connectivity index (χ1n) is 8.21. The Morgan fingerprint density at radius 3 is 2.75 bits per heavy atom. The largest absolute Gasteiger partial charge is 0.497 e. The highest BCUT2D eigenvalue weighted by Gasteiger charge is 2.24. The van der Waals surface area contributed by atoms with Crippen molar-refractivity contribution in [2.24, 2.45) is 5.92 Å². The van der Waals surface area contributed by atoms with Crippen molar-refractivity contribution in [2.45, 2.75) is 43.4 Å². The monoisotopic (exact) mass is 345 g/mol. The minimum absolute atomic E-state index is 0.00327. The van der Waals surface area contributed by atoms with Gasteiger partial charge in [0.1, 0.15) is 11.6 Å². The van der Waals surface area contributed by atoms with Gasteiger partial charge in [0, 0.05) is 17.0 Å². The van der Waals surface area contributed by atoms with Gasteiger partial charge in [0.05, 0.1) is 18.6 Å². The average molecular weight is 345 g/mol. The number of nitrogens with one attached hydrogen (secondary N) is 1. The fraction of sp³-hybridized carbons (Fsp3) is 0.444. The van der Waals surface area contributed by atoms with Gasteiger partial charge in [-0.15, -0.1) is 11.8 Å². The number of rotatable bonds is 7. The number of carbonyl (C=O) groups is 1. The highest BCUT2D eigenvalue weighted by molar-refractivity contribution is 8.00. The molecular weight excluding hydrogens is 322 g/mol. The Labute approximate surface area is 146 Å². The van der Waals surface area contributed by atoms with Crippen LogP contribution in [0.4, 0.5) is 5.82 Å². The van der Waals surface area contributed by atoms with Gasteiger partial charge < -0.3 is 10.1 Å².